The Labute approximate surface area is 216 Å². The molecule has 0 radical (unpaired) electrons. The summed E-state index contributed by atoms with van der Waals surface area (Å²) in [6.45, 7) is 6.73. The highest BCUT2D eigenvalue weighted by Gasteiger charge is 2.69. The highest BCUT2D eigenvalue weighted by molar-refractivity contribution is 6.01. The van der Waals surface area contributed by atoms with Crippen LogP contribution in [0.2, 0.25) is 0 Å². The summed E-state index contributed by atoms with van der Waals surface area (Å²) in [7, 11) is 0. The van der Waals surface area contributed by atoms with Gasteiger partial charge in [-0.1, -0.05) is 32.4 Å². The molecule has 9 heteroatoms. The normalized spacial score (nSPS) is 40.1. The number of ketones is 2. The Hall–Kier alpha value is -2.81. The van der Waals surface area contributed by atoms with Crippen molar-refractivity contribution in [2.75, 3.05) is 6.61 Å². The molecular weight excluding hydrogens is 480 g/mol. The van der Waals surface area contributed by atoms with E-state index in [-0.39, 0.29) is 48.7 Å². The van der Waals surface area contributed by atoms with E-state index in [9.17, 15) is 29.1 Å². The van der Waals surface area contributed by atoms with Crippen LogP contribution in [-0.4, -0.2) is 58.0 Å². The van der Waals surface area contributed by atoms with Gasteiger partial charge in [-0.15, -0.1) is 0 Å². The third kappa shape index (κ3) is 4.45. The number of rotatable bonds is 7. The van der Waals surface area contributed by atoms with Crippen molar-refractivity contribution in [2.45, 2.75) is 77.9 Å². The van der Waals surface area contributed by atoms with Gasteiger partial charge < -0.3 is 19.7 Å². The molecule has 8 atom stereocenters. The zero-order valence-corrected chi connectivity index (χ0v) is 21.8. The molecule has 37 heavy (non-hydrogen) atoms. The molecular formula is C28H36O9. The van der Waals surface area contributed by atoms with E-state index in [4.69, 9.17) is 14.6 Å². The Morgan fingerprint density at radius 3 is 2.51 bits per heavy atom. The zero-order valence-electron chi connectivity index (χ0n) is 21.8. The highest BCUT2D eigenvalue weighted by Crippen LogP contribution is 2.68. The second kappa shape index (κ2) is 9.49. The van der Waals surface area contributed by atoms with E-state index >= 15 is 0 Å². The third-order valence-electron chi connectivity index (χ3n) is 9.63. The van der Waals surface area contributed by atoms with Crippen molar-refractivity contribution in [3.8, 4) is 0 Å². The summed E-state index contributed by atoms with van der Waals surface area (Å²) in [5.74, 6) is -3.13. The molecule has 3 fully saturated rings. The molecule has 3 saturated carbocycles. The monoisotopic (exact) mass is 516 g/mol. The molecule has 0 amide bonds. The lowest BCUT2D eigenvalue weighted by molar-refractivity contribution is -0.194. The standard InChI is InChI=1S/C28H36O9/c1-15-11-18-19-8-10-28(35,22(31)14-36-24(34)6-5-23(32)33)27(19,4)13-21(37-16(2)29)25(18)26(3)9-7-17(30)12-20(15)26/h7,9,12,15,18-19,21,25,35H,5-6,8,10-11,13-14H2,1-4H3,(H,32,33)/t15-,18-,19-,21+,25+,26-,27-,28-/m0/s1. The number of ether oxygens (including phenoxy) is 2. The molecule has 0 unspecified atom stereocenters. The summed E-state index contributed by atoms with van der Waals surface area (Å²) >= 11 is 0. The van der Waals surface area contributed by atoms with Crippen LogP contribution < -0.4 is 0 Å². The molecule has 0 spiro atoms. The lowest BCUT2D eigenvalue weighted by Crippen LogP contribution is -2.63. The van der Waals surface area contributed by atoms with Crippen molar-refractivity contribution < 1.29 is 43.7 Å². The Morgan fingerprint density at radius 2 is 1.86 bits per heavy atom. The average Bonchev–Trinajstić information content (AvgIpc) is 3.08. The SMILES string of the molecule is CC(=O)O[C@@H]1C[C@@]2(C)[C@@H](CC[C@]2(O)C(=O)COC(=O)CCC(=O)O)[C@@H]2C[C@H](C)C3=CC(=O)C=C[C@]3(C)[C@H]21. The van der Waals surface area contributed by atoms with Crippen LogP contribution in [0.4, 0.5) is 0 Å². The van der Waals surface area contributed by atoms with Crippen molar-refractivity contribution in [1.82, 2.24) is 0 Å². The van der Waals surface area contributed by atoms with E-state index in [2.05, 4.69) is 13.8 Å². The number of carboxylic acids is 1. The first-order valence-corrected chi connectivity index (χ1v) is 13.0. The van der Waals surface area contributed by atoms with Crippen LogP contribution in [0, 0.1) is 34.5 Å². The molecule has 0 bridgehead atoms. The number of carboxylic acid groups (broad SMARTS) is 1. The first kappa shape index (κ1) is 27.2. The molecule has 2 N–H and O–H groups in total. The van der Waals surface area contributed by atoms with Crippen molar-refractivity contribution in [3.63, 3.8) is 0 Å². The number of fused-ring (bicyclic) bond motifs is 5. The number of hydrogen-bond donors (Lipinski definition) is 2. The van der Waals surface area contributed by atoms with Gasteiger partial charge in [-0.2, -0.15) is 0 Å². The number of allylic oxidation sites excluding steroid dienone is 4. The summed E-state index contributed by atoms with van der Waals surface area (Å²) in [4.78, 5) is 60.4. The first-order valence-electron chi connectivity index (χ1n) is 13.0. The fraction of sp³-hybridized carbons (Fsp3) is 0.679. The van der Waals surface area contributed by atoms with Crippen molar-refractivity contribution in [1.29, 1.82) is 0 Å². The van der Waals surface area contributed by atoms with Crippen LogP contribution in [0.3, 0.4) is 0 Å². The van der Waals surface area contributed by atoms with E-state index < -0.39 is 59.3 Å². The van der Waals surface area contributed by atoms with Gasteiger partial charge in [0.25, 0.3) is 0 Å². The third-order valence-corrected chi connectivity index (χ3v) is 9.63. The van der Waals surface area contributed by atoms with Gasteiger partial charge in [0.05, 0.1) is 12.8 Å². The zero-order chi connectivity index (χ0) is 27.3. The van der Waals surface area contributed by atoms with Crippen LogP contribution in [-0.2, 0) is 33.4 Å². The van der Waals surface area contributed by atoms with Crippen LogP contribution in [0.15, 0.2) is 23.8 Å². The minimum absolute atomic E-state index is 0.0260. The number of carbonyl (C=O) groups is 5. The topological polar surface area (TPSA) is 144 Å². The molecule has 0 saturated heterocycles. The predicted molar refractivity (Wildman–Crippen MR) is 130 cm³/mol. The second-order valence-electron chi connectivity index (χ2n) is 11.7. The number of aliphatic carboxylic acids is 1. The molecule has 0 aromatic rings. The fourth-order valence-corrected chi connectivity index (χ4v) is 8.05. The Bertz CT molecular complexity index is 1090. The largest absolute Gasteiger partial charge is 0.481 e. The smallest absolute Gasteiger partial charge is 0.306 e. The summed E-state index contributed by atoms with van der Waals surface area (Å²) in [5.41, 5.74) is -2.18. The second-order valence-corrected chi connectivity index (χ2v) is 11.7. The first-order chi connectivity index (χ1) is 17.2. The van der Waals surface area contributed by atoms with Gasteiger partial charge in [-0.3, -0.25) is 24.0 Å². The van der Waals surface area contributed by atoms with E-state index in [0.29, 0.717) is 6.42 Å². The van der Waals surface area contributed by atoms with E-state index in [0.717, 1.165) is 12.0 Å². The van der Waals surface area contributed by atoms with Crippen LogP contribution in [0.1, 0.15) is 66.2 Å². The predicted octanol–water partition coefficient (Wildman–Crippen LogP) is 2.79. The van der Waals surface area contributed by atoms with E-state index in [1.54, 1.807) is 12.2 Å². The van der Waals surface area contributed by atoms with Gasteiger partial charge in [0, 0.05) is 23.7 Å². The van der Waals surface area contributed by atoms with Gasteiger partial charge in [-0.25, -0.2) is 0 Å². The molecule has 4 aliphatic carbocycles. The maximum atomic E-state index is 13.3. The quantitative estimate of drug-likeness (QED) is 0.488. The number of esters is 2. The highest BCUT2D eigenvalue weighted by atomic mass is 16.5. The Morgan fingerprint density at radius 1 is 1.16 bits per heavy atom. The van der Waals surface area contributed by atoms with Crippen LogP contribution in [0.5, 0.6) is 0 Å². The maximum Gasteiger partial charge on any atom is 0.306 e. The molecule has 0 aromatic heterocycles. The molecule has 9 nitrogen and oxygen atoms in total. The van der Waals surface area contributed by atoms with Gasteiger partial charge in [0.1, 0.15) is 11.7 Å². The Balaban J connectivity index is 1.64. The maximum absolute atomic E-state index is 13.3. The van der Waals surface area contributed by atoms with Gasteiger partial charge in [-0.05, 0) is 55.6 Å². The van der Waals surface area contributed by atoms with Crippen molar-refractivity contribution in [3.05, 3.63) is 23.8 Å². The van der Waals surface area contributed by atoms with Crippen LogP contribution in [0.25, 0.3) is 0 Å². The summed E-state index contributed by atoms with van der Waals surface area (Å²) in [6, 6.07) is 0. The lowest BCUT2D eigenvalue weighted by atomic mass is 9.44. The molecule has 4 aliphatic rings. The van der Waals surface area contributed by atoms with E-state index in [1.807, 2.05) is 13.0 Å². The number of Topliss-reactive ketones (excluding diaryl/α,β-unsaturated/α-hetero) is 1. The minimum atomic E-state index is -1.78. The number of hydrogen-bond acceptors (Lipinski definition) is 8. The number of aliphatic hydroxyl groups is 1. The van der Waals surface area contributed by atoms with Gasteiger partial charge in [0.15, 0.2) is 12.4 Å². The van der Waals surface area contributed by atoms with Crippen molar-refractivity contribution in [2.24, 2.45) is 34.5 Å². The molecule has 0 heterocycles. The molecule has 0 aliphatic heterocycles. The van der Waals surface area contributed by atoms with Crippen molar-refractivity contribution >= 4 is 29.5 Å². The fourth-order valence-electron chi connectivity index (χ4n) is 8.05. The molecule has 202 valence electrons. The van der Waals surface area contributed by atoms with Crippen LogP contribution >= 0.6 is 0 Å². The minimum Gasteiger partial charge on any atom is -0.481 e. The summed E-state index contributed by atoms with van der Waals surface area (Å²) in [6.07, 6.45) is 5.63. The Kier molecular flexibility index (Phi) is 6.99. The molecule has 4 rings (SSSR count). The van der Waals surface area contributed by atoms with Gasteiger partial charge in [0.2, 0.25) is 5.78 Å². The summed E-state index contributed by atoms with van der Waals surface area (Å²) < 4.78 is 10.9. The summed E-state index contributed by atoms with van der Waals surface area (Å²) in [5, 5.41) is 20.6. The lowest BCUT2D eigenvalue weighted by Gasteiger charge is -2.61. The molecule has 0 aromatic carbocycles. The number of carbonyl (C=O) groups excluding carboxylic acids is 4. The average molecular weight is 517 g/mol. The van der Waals surface area contributed by atoms with E-state index in [1.165, 1.54) is 6.92 Å². The van der Waals surface area contributed by atoms with Gasteiger partial charge >= 0.3 is 17.9 Å².